The average molecular weight is 346 g/mol. The maximum Gasteiger partial charge on any atom is 0.341 e. The molecule has 1 amide bonds. The van der Waals surface area contributed by atoms with Crippen LogP contribution in [0.4, 0.5) is 5.00 Å². The first-order chi connectivity index (χ1) is 11.0. The number of thiophene rings is 2. The van der Waals surface area contributed by atoms with E-state index in [-0.39, 0.29) is 5.57 Å². The SMILES string of the molecule is COC(=O)c1c(NC(=O)/C(C#N)=C/c2cccs2)sc(C)c1C. The predicted octanol–water partition coefficient (Wildman–Crippen LogP) is 3.76. The van der Waals surface area contributed by atoms with Crippen LogP contribution in [-0.4, -0.2) is 19.0 Å². The summed E-state index contributed by atoms with van der Waals surface area (Å²) >= 11 is 2.71. The Hall–Kier alpha value is -2.43. The van der Waals surface area contributed by atoms with E-state index in [4.69, 9.17) is 4.74 Å². The van der Waals surface area contributed by atoms with Crippen molar-refractivity contribution in [2.75, 3.05) is 12.4 Å². The van der Waals surface area contributed by atoms with Crippen LogP contribution in [0.15, 0.2) is 23.1 Å². The van der Waals surface area contributed by atoms with Gasteiger partial charge in [0.2, 0.25) is 0 Å². The number of anilines is 1. The van der Waals surface area contributed by atoms with Gasteiger partial charge in [-0.3, -0.25) is 4.79 Å². The van der Waals surface area contributed by atoms with Crippen molar-refractivity contribution in [3.05, 3.63) is 44.0 Å². The predicted molar refractivity (Wildman–Crippen MR) is 91.7 cm³/mol. The Labute approximate surface area is 141 Å². The third kappa shape index (κ3) is 3.67. The second kappa shape index (κ2) is 7.22. The van der Waals surface area contributed by atoms with Crippen LogP contribution in [0.5, 0.6) is 0 Å². The number of hydrogen-bond donors (Lipinski definition) is 1. The molecule has 118 valence electrons. The lowest BCUT2D eigenvalue weighted by Gasteiger charge is -2.05. The monoisotopic (exact) mass is 346 g/mol. The minimum atomic E-state index is -0.549. The van der Waals surface area contributed by atoms with Crippen molar-refractivity contribution in [3.8, 4) is 6.07 Å². The molecule has 7 heteroatoms. The van der Waals surface area contributed by atoms with E-state index in [1.165, 1.54) is 35.9 Å². The Morgan fingerprint density at radius 3 is 2.70 bits per heavy atom. The molecule has 0 aliphatic rings. The largest absolute Gasteiger partial charge is 0.465 e. The van der Waals surface area contributed by atoms with Crippen molar-refractivity contribution in [1.82, 2.24) is 0 Å². The molecule has 2 heterocycles. The van der Waals surface area contributed by atoms with Crippen LogP contribution in [0.2, 0.25) is 0 Å². The molecule has 5 nitrogen and oxygen atoms in total. The summed E-state index contributed by atoms with van der Waals surface area (Å²) in [5, 5.41) is 14.1. The maximum absolute atomic E-state index is 12.3. The molecule has 0 saturated heterocycles. The second-order valence-electron chi connectivity index (χ2n) is 4.62. The molecule has 0 aliphatic carbocycles. The molecular weight excluding hydrogens is 332 g/mol. The lowest BCUT2D eigenvalue weighted by atomic mass is 10.1. The van der Waals surface area contributed by atoms with Gasteiger partial charge in [0, 0.05) is 9.75 Å². The van der Waals surface area contributed by atoms with Crippen LogP contribution in [0.3, 0.4) is 0 Å². The van der Waals surface area contributed by atoms with Crippen LogP contribution in [0, 0.1) is 25.2 Å². The zero-order valence-electron chi connectivity index (χ0n) is 12.8. The molecular formula is C16H14N2O3S2. The van der Waals surface area contributed by atoms with Gasteiger partial charge < -0.3 is 10.1 Å². The number of carbonyl (C=O) groups is 2. The Morgan fingerprint density at radius 1 is 1.39 bits per heavy atom. The first kappa shape index (κ1) is 16.9. The molecule has 0 unspecified atom stereocenters. The molecule has 23 heavy (non-hydrogen) atoms. The second-order valence-corrected chi connectivity index (χ2v) is 6.82. The first-order valence-electron chi connectivity index (χ1n) is 6.62. The lowest BCUT2D eigenvalue weighted by molar-refractivity contribution is -0.112. The number of methoxy groups -OCH3 is 1. The van der Waals surface area contributed by atoms with E-state index < -0.39 is 11.9 Å². The molecule has 0 saturated carbocycles. The van der Waals surface area contributed by atoms with Gasteiger partial charge in [-0.15, -0.1) is 22.7 Å². The quantitative estimate of drug-likeness (QED) is 0.519. The number of nitriles is 1. The molecule has 0 aromatic carbocycles. The van der Waals surface area contributed by atoms with Crippen molar-refractivity contribution in [2.24, 2.45) is 0 Å². The van der Waals surface area contributed by atoms with Crippen LogP contribution in [-0.2, 0) is 9.53 Å². The smallest absolute Gasteiger partial charge is 0.341 e. The van der Waals surface area contributed by atoms with Gasteiger partial charge in [0.1, 0.15) is 16.6 Å². The Morgan fingerprint density at radius 2 is 2.13 bits per heavy atom. The van der Waals surface area contributed by atoms with Gasteiger partial charge in [-0.1, -0.05) is 6.07 Å². The standard InChI is InChI=1S/C16H14N2O3S2/c1-9-10(2)23-15(13(9)16(20)21-3)18-14(19)11(8-17)7-12-5-4-6-22-12/h4-7H,1-3H3,(H,18,19)/b11-7+. The van der Waals surface area contributed by atoms with Crippen LogP contribution in [0.25, 0.3) is 6.08 Å². The molecule has 0 atom stereocenters. The molecule has 0 fully saturated rings. The van der Waals surface area contributed by atoms with Gasteiger partial charge in [-0.2, -0.15) is 5.26 Å². The van der Waals surface area contributed by atoms with Gasteiger partial charge in [-0.05, 0) is 36.9 Å². The zero-order valence-corrected chi connectivity index (χ0v) is 14.4. The number of nitrogens with one attached hydrogen (secondary N) is 1. The van der Waals surface area contributed by atoms with E-state index in [9.17, 15) is 14.9 Å². The van der Waals surface area contributed by atoms with Crippen LogP contribution in [0.1, 0.15) is 25.7 Å². The van der Waals surface area contributed by atoms with E-state index in [0.29, 0.717) is 10.6 Å². The summed E-state index contributed by atoms with van der Waals surface area (Å²) in [6.45, 7) is 3.65. The minimum absolute atomic E-state index is 0.0213. The molecule has 0 radical (unpaired) electrons. The molecule has 1 N–H and O–H groups in total. The highest BCUT2D eigenvalue weighted by molar-refractivity contribution is 7.16. The summed E-state index contributed by atoms with van der Waals surface area (Å²) in [6.07, 6.45) is 1.52. The van der Waals surface area contributed by atoms with Crippen LogP contribution < -0.4 is 5.32 Å². The summed E-state index contributed by atoms with van der Waals surface area (Å²) in [5.74, 6) is -1.06. The van der Waals surface area contributed by atoms with Crippen molar-refractivity contribution < 1.29 is 14.3 Å². The van der Waals surface area contributed by atoms with Crippen LogP contribution >= 0.6 is 22.7 Å². The number of ether oxygens (including phenoxy) is 1. The third-order valence-corrected chi connectivity index (χ3v) is 5.14. The molecule has 2 rings (SSSR count). The number of rotatable bonds is 4. The highest BCUT2D eigenvalue weighted by Crippen LogP contribution is 2.33. The average Bonchev–Trinajstić information content (AvgIpc) is 3.13. The number of carbonyl (C=O) groups excluding carboxylic acids is 2. The minimum Gasteiger partial charge on any atom is -0.465 e. The van der Waals surface area contributed by atoms with E-state index in [1.807, 2.05) is 30.5 Å². The van der Waals surface area contributed by atoms with Crippen molar-refractivity contribution in [2.45, 2.75) is 13.8 Å². The van der Waals surface area contributed by atoms with Crippen molar-refractivity contribution in [1.29, 1.82) is 5.26 Å². The number of hydrogen-bond acceptors (Lipinski definition) is 6. The highest BCUT2D eigenvalue weighted by Gasteiger charge is 2.22. The van der Waals surface area contributed by atoms with E-state index in [0.717, 1.165) is 15.3 Å². The van der Waals surface area contributed by atoms with Gasteiger partial charge in [0.05, 0.1) is 12.7 Å². The van der Waals surface area contributed by atoms with Gasteiger partial charge in [0.15, 0.2) is 0 Å². The van der Waals surface area contributed by atoms with E-state index in [1.54, 1.807) is 6.92 Å². The highest BCUT2D eigenvalue weighted by atomic mass is 32.1. The number of esters is 1. The summed E-state index contributed by atoms with van der Waals surface area (Å²) in [4.78, 5) is 25.9. The molecule has 0 spiro atoms. The summed E-state index contributed by atoms with van der Waals surface area (Å²) < 4.78 is 4.76. The fraction of sp³-hybridized carbons (Fsp3) is 0.188. The summed E-state index contributed by atoms with van der Waals surface area (Å²) in [6, 6.07) is 5.54. The van der Waals surface area contributed by atoms with Gasteiger partial charge in [-0.25, -0.2) is 4.79 Å². The Bertz CT molecular complexity index is 811. The van der Waals surface area contributed by atoms with Crippen molar-refractivity contribution in [3.63, 3.8) is 0 Å². The van der Waals surface area contributed by atoms with Crippen molar-refractivity contribution >= 4 is 45.6 Å². The topological polar surface area (TPSA) is 79.2 Å². The summed E-state index contributed by atoms with van der Waals surface area (Å²) in [5.41, 5.74) is 1.07. The van der Waals surface area contributed by atoms with E-state index >= 15 is 0 Å². The molecule has 0 bridgehead atoms. The maximum atomic E-state index is 12.3. The lowest BCUT2D eigenvalue weighted by Crippen LogP contribution is -2.15. The first-order valence-corrected chi connectivity index (χ1v) is 8.32. The molecule has 2 aromatic heterocycles. The fourth-order valence-corrected chi connectivity index (χ4v) is 3.60. The summed E-state index contributed by atoms with van der Waals surface area (Å²) in [7, 11) is 1.29. The third-order valence-electron chi connectivity index (χ3n) is 3.20. The zero-order chi connectivity index (χ0) is 17.0. The Balaban J connectivity index is 2.32. The molecule has 2 aromatic rings. The fourth-order valence-electron chi connectivity index (χ4n) is 1.90. The van der Waals surface area contributed by atoms with E-state index in [2.05, 4.69) is 5.32 Å². The number of aryl methyl sites for hydroxylation is 1. The normalized spacial score (nSPS) is 11.0. The van der Waals surface area contributed by atoms with Gasteiger partial charge >= 0.3 is 5.97 Å². The molecule has 0 aliphatic heterocycles. The Kier molecular flexibility index (Phi) is 5.32. The number of amides is 1. The van der Waals surface area contributed by atoms with Gasteiger partial charge in [0.25, 0.3) is 5.91 Å². The number of nitrogens with zero attached hydrogens (tertiary/aromatic N) is 1.